The van der Waals surface area contributed by atoms with Gasteiger partial charge in [0.2, 0.25) is 0 Å². The highest BCUT2D eigenvalue weighted by atomic mass is 32.3. The quantitative estimate of drug-likeness (QED) is 0.544. The molecule has 13 heteroatoms. The average molecular weight is 312 g/mol. The standard InChI is InChI=1S/C4H8O10S3/c5-15(6)1-3(13-16(7,8)9)4(2-15)14-17(10,11)12/h3-4H,1-2H2,(H,7,8,9)(H,10,11,12)/t3-,4-/m0/s1. The van der Waals surface area contributed by atoms with E-state index in [2.05, 4.69) is 8.37 Å². The van der Waals surface area contributed by atoms with Gasteiger partial charge in [-0.2, -0.15) is 16.8 Å². The highest BCUT2D eigenvalue weighted by Crippen LogP contribution is 2.21. The van der Waals surface area contributed by atoms with Gasteiger partial charge in [-0.3, -0.25) is 9.11 Å². The van der Waals surface area contributed by atoms with E-state index in [0.717, 1.165) is 0 Å². The van der Waals surface area contributed by atoms with Crippen LogP contribution in [0.1, 0.15) is 0 Å². The number of hydrogen-bond donors (Lipinski definition) is 2. The normalized spacial score (nSPS) is 29.3. The van der Waals surface area contributed by atoms with Crippen molar-refractivity contribution in [2.45, 2.75) is 12.2 Å². The predicted octanol–water partition coefficient (Wildman–Crippen LogP) is -2.21. The molecule has 1 heterocycles. The van der Waals surface area contributed by atoms with E-state index in [0.29, 0.717) is 0 Å². The summed E-state index contributed by atoms with van der Waals surface area (Å²) in [6.07, 6.45) is -3.48. The van der Waals surface area contributed by atoms with E-state index in [4.69, 9.17) is 9.11 Å². The maximum Gasteiger partial charge on any atom is 0.397 e. The molecule has 1 aliphatic heterocycles. The van der Waals surface area contributed by atoms with Crippen molar-refractivity contribution in [1.82, 2.24) is 0 Å². The van der Waals surface area contributed by atoms with Crippen LogP contribution in [0.25, 0.3) is 0 Å². The summed E-state index contributed by atoms with van der Waals surface area (Å²) in [5.74, 6) is -1.71. The number of hydrogen-bond acceptors (Lipinski definition) is 8. The molecule has 0 unspecified atom stereocenters. The molecule has 102 valence electrons. The fraction of sp³-hybridized carbons (Fsp3) is 1.00. The minimum absolute atomic E-state index is 0.854. The van der Waals surface area contributed by atoms with E-state index < -0.39 is 54.3 Å². The summed E-state index contributed by atoms with van der Waals surface area (Å²) in [4.78, 5) is 0. The van der Waals surface area contributed by atoms with Crippen molar-refractivity contribution in [2.24, 2.45) is 0 Å². The Morgan fingerprint density at radius 3 is 1.41 bits per heavy atom. The zero-order valence-electron chi connectivity index (χ0n) is 7.95. The molecule has 0 bridgehead atoms. The maximum absolute atomic E-state index is 11.1. The van der Waals surface area contributed by atoms with Gasteiger partial charge in [-0.1, -0.05) is 0 Å². The van der Waals surface area contributed by atoms with E-state index in [1.165, 1.54) is 0 Å². The third-order valence-corrected chi connectivity index (χ3v) is 4.40. The van der Waals surface area contributed by atoms with E-state index in [-0.39, 0.29) is 0 Å². The highest BCUT2D eigenvalue weighted by Gasteiger charge is 2.44. The van der Waals surface area contributed by atoms with Crippen molar-refractivity contribution in [1.29, 1.82) is 0 Å². The summed E-state index contributed by atoms with van der Waals surface area (Å²) in [5.41, 5.74) is 0. The fourth-order valence-electron chi connectivity index (χ4n) is 1.28. The summed E-state index contributed by atoms with van der Waals surface area (Å²) in [6, 6.07) is 0. The van der Waals surface area contributed by atoms with Gasteiger partial charge in [0, 0.05) is 0 Å². The molecule has 0 saturated carbocycles. The molecule has 0 aromatic rings. The van der Waals surface area contributed by atoms with Crippen LogP contribution in [-0.2, 0) is 39.0 Å². The Kier molecular flexibility index (Phi) is 3.83. The first kappa shape index (κ1) is 14.7. The van der Waals surface area contributed by atoms with Gasteiger partial charge in [-0.05, 0) is 0 Å². The van der Waals surface area contributed by atoms with Gasteiger partial charge in [0.25, 0.3) is 0 Å². The minimum atomic E-state index is -4.97. The molecular formula is C4H8O10S3. The zero-order valence-corrected chi connectivity index (χ0v) is 10.4. The van der Waals surface area contributed by atoms with E-state index in [1.54, 1.807) is 0 Å². The lowest BCUT2D eigenvalue weighted by molar-refractivity contribution is 0.0807. The zero-order chi connectivity index (χ0) is 13.5. The first-order valence-corrected chi connectivity index (χ1v) is 8.45. The molecule has 2 atom stereocenters. The summed E-state index contributed by atoms with van der Waals surface area (Å²) in [6.45, 7) is 0. The summed E-state index contributed by atoms with van der Waals surface area (Å²) in [7, 11) is -13.7. The summed E-state index contributed by atoms with van der Waals surface area (Å²) < 4.78 is 88.3. The fourth-order valence-corrected chi connectivity index (χ4v) is 4.16. The molecule has 0 spiro atoms. The molecule has 1 aliphatic rings. The second-order valence-corrected chi connectivity index (χ2v) is 7.45. The van der Waals surface area contributed by atoms with E-state index >= 15 is 0 Å². The van der Waals surface area contributed by atoms with E-state index in [1.807, 2.05) is 0 Å². The molecule has 0 aliphatic carbocycles. The van der Waals surface area contributed by atoms with E-state index in [9.17, 15) is 25.3 Å². The molecule has 0 amide bonds. The average Bonchev–Trinajstić information content (AvgIpc) is 2.17. The Labute approximate surface area is 97.4 Å². The topological polar surface area (TPSA) is 161 Å². The number of sulfone groups is 1. The molecule has 2 N–H and O–H groups in total. The van der Waals surface area contributed by atoms with Crippen LogP contribution in [0.3, 0.4) is 0 Å². The second kappa shape index (κ2) is 4.42. The van der Waals surface area contributed by atoms with Crippen LogP contribution in [0.15, 0.2) is 0 Å². The van der Waals surface area contributed by atoms with Crippen LogP contribution in [0.5, 0.6) is 0 Å². The Hall–Kier alpha value is -0.310. The lowest BCUT2D eigenvalue weighted by Crippen LogP contribution is -2.33. The smallest absolute Gasteiger partial charge is 0.264 e. The second-order valence-electron chi connectivity index (χ2n) is 3.20. The van der Waals surface area contributed by atoms with Gasteiger partial charge in [0.05, 0.1) is 11.5 Å². The molecule has 17 heavy (non-hydrogen) atoms. The van der Waals surface area contributed by atoms with Crippen molar-refractivity contribution in [3.63, 3.8) is 0 Å². The maximum atomic E-state index is 11.1. The van der Waals surface area contributed by atoms with Crippen LogP contribution in [0.4, 0.5) is 0 Å². The van der Waals surface area contributed by atoms with Crippen molar-refractivity contribution < 1.29 is 42.7 Å². The molecule has 0 aromatic heterocycles. The third-order valence-electron chi connectivity index (χ3n) is 1.74. The lowest BCUT2D eigenvalue weighted by atomic mass is 10.3. The molecular weight excluding hydrogens is 304 g/mol. The minimum Gasteiger partial charge on any atom is -0.264 e. The molecule has 1 rings (SSSR count). The predicted molar refractivity (Wildman–Crippen MR) is 51.5 cm³/mol. The van der Waals surface area contributed by atoms with Gasteiger partial charge in [-0.15, -0.1) is 0 Å². The molecule has 10 nitrogen and oxygen atoms in total. The van der Waals surface area contributed by atoms with Crippen molar-refractivity contribution in [3.8, 4) is 0 Å². The summed E-state index contributed by atoms with van der Waals surface area (Å²) >= 11 is 0. The van der Waals surface area contributed by atoms with Gasteiger partial charge in [0.15, 0.2) is 9.84 Å². The van der Waals surface area contributed by atoms with Gasteiger partial charge in [0.1, 0.15) is 12.2 Å². The van der Waals surface area contributed by atoms with Crippen LogP contribution in [-0.4, -0.2) is 58.1 Å². The van der Waals surface area contributed by atoms with Crippen LogP contribution >= 0.6 is 0 Å². The third kappa shape index (κ3) is 5.24. The first-order chi connectivity index (χ1) is 7.38. The van der Waals surface area contributed by atoms with Crippen LogP contribution < -0.4 is 0 Å². The van der Waals surface area contributed by atoms with Crippen molar-refractivity contribution >= 4 is 30.6 Å². The first-order valence-electron chi connectivity index (χ1n) is 3.90. The highest BCUT2D eigenvalue weighted by molar-refractivity contribution is 7.91. The Morgan fingerprint density at radius 2 is 1.18 bits per heavy atom. The van der Waals surface area contributed by atoms with Gasteiger partial charge < -0.3 is 0 Å². The molecule has 0 aromatic carbocycles. The lowest BCUT2D eigenvalue weighted by Gasteiger charge is -2.14. The van der Waals surface area contributed by atoms with Crippen LogP contribution in [0.2, 0.25) is 0 Å². The Morgan fingerprint density at radius 1 is 0.882 bits per heavy atom. The van der Waals surface area contributed by atoms with Gasteiger partial charge >= 0.3 is 20.8 Å². The van der Waals surface area contributed by atoms with Crippen molar-refractivity contribution in [2.75, 3.05) is 11.5 Å². The molecule has 0 radical (unpaired) electrons. The SMILES string of the molecule is O=S1(=O)C[C@H](OS(=O)(=O)O)[C@@H](OS(=O)(=O)O)C1. The Bertz CT molecular complexity index is 533. The number of rotatable bonds is 4. The van der Waals surface area contributed by atoms with Crippen LogP contribution in [0, 0.1) is 0 Å². The largest absolute Gasteiger partial charge is 0.397 e. The van der Waals surface area contributed by atoms with Crippen molar-refractivity contribution in [3.05, 3.63) is 0 Å². The Balaban J connectivity index is 2.94. The molecule has 1 fully saturated rings. The monoisotopic (exact) mass is 312 g/mol. The van der Waals surface area contributed by atoms with Gasteiger partial charge in [-0.25, -0.2) is 16.8 Å². The molecule has 1 saturated heterocycles. The summed E-state index contributed by atoms with van der Waals surface area (Å²) in [5, 5.41) is 0.